The summed E-state index contributed by atoms with van der Waals surface area (Å²) in [6.45, 7) is 6.67. The number of sulfonamides is 1. The lowest BCUT2D eigenvalue weighted by Gasteiger charge is -2.32. The molecule has 1 aliphatic heterocycles. The summed E-state index contributed by atoms with van der Waals surface area (Å²) in [7, 11) is 0.693. The molecule has 0 amide bonds. The van der Waals surface area contributed by atoms with Crippen molar-refractivity contribution >= 4 is 16.0 Å². The first-order chi connectivity index (χ1) is 14.2. The van der Waals surface area contributed by atoms with Gasteiger partial charge in [0.15, 0.2) is 5.96 Å². The van der Waals surface area contributed by atoms with E-state index in [1.807, 2.05) is 38.9 Å². The fourth-order valence-corrected chi connectivity index (χ4v) is 5.08. The summed E-state index contributed by atoms with van der Waals surface area (Å²) in [6, 6.07) is 5.29. The van der Waals surface area contributed by atoms with E-state index in [0.29, 0.717) is 44.1 Å². The van der Waals surface area contributed by atoms with Gasteiger partial charge < -0.3 is 15.5 Å². The van der Waals surface area contributed by atoms with Crippen molar-refractivity contribution in [2.45, 2.75) is 52.2 Å². The SMILES string of the molecule is CCCS(=O)(=O)N1CCC(NC(=NCc2ccc(F)c(CN(C)C)c2)NCC)CC1. The lowest BCUT2D eigenvalue weighted by Crippen LogP contribution is -2.50. The van der Waals surface area contributed by atoms with E-state index in [0.717, 1.165) is 24.9 Å². The smallest absolute Gasteiger partial charge is 0.214 e. The van der Waals surface area contributed by atoms with Gasteiger partial charge in [0, 0.05) is 37.8 Å². The van der Waals surface area contributed by atoms with Crippen LogP contribution in [0.4, 0.5) is 4.39 Å². The Hall–Kier alpha value is -1.71. The van der Waals surface area contributed by atoms with Crippen LogP contribution in [-0.4, -0.2) is 69.1 Å². The second-order valence-corrected chi connectivity index (χ2v) is 10.1. The summed E-state index contributed by atoms with van der Waals surface area (Å²) in [6.07, 6.45) is 2.13. The molecule has 9 heteroatoms. The topological polar surface area (TPSA) is 77.0 Å². The van der Waals surface area contributed by atoms with Crippen LogP contribution in [0, 0.1) is 5.82 Å². The average molecular weight is 442 g/mol. The number of nitrogens with one attached hydrogen (secondary N) is 2. The van der Waals surface area contributed by atoms with E-state index in [1.165, 1.54) is 6.07 Å². The molecule has 30 heavy (non-hydrogen) atoms. The van der Waals surface area contributed by atoms with E-state index in [2.05, 4.69) is 15.6 Å². The summed E-state index contributed by atoms with van der Waals surface area (Å²) in [5.74, 6) is 0.708. The van der Waals surface area contributed by atoms with Crippen LogP contribution < -0.4 is 10.6 Å². The Morgan fingerprint density at radius 1 is 1.27 bits per heavy atom. The van der Waals surface area contributed by atoms with Crippen LogP contribution in [0.2, 0.25) is 0 Å². The summed E-state index contributed by atoms with van der Waals surface area (Å²) in [4.78, 5) is 6.59. The molecule has 0 unspecified atom stereocenters. The van der Waals surface area contributed by atoms with E-state index < -0.39 is 10.0 Å². The summed E-state index contributed by atoms with van der Waals surface area (Å²) in [5.41, 5.74) is 1.61. The molecule has 0 bridgehead atoms. The standard InChI is InChI=1S/C21H36FN5O2S/c1-5-13-30(28,29)27-11-9-19(10-12-27)25-21(23-6-2)24-15-17-7-8-20(22)18(14-17)16-26(3)4/h7-8,14,19H,5-6,9-13,15-16H2,1-4H3,(H2,23,24,25). The van der Waals surface area contributed by atoms with Crippen molar-refractivity contribution in [1.29, 1.82) is 0 Å². The van der Waals surface area contributed by atoms with Gasteiger partial charge in [0.05, 0.1) is 12.3 Å². The Morgan fingerprint density at radius 2 is 1.97 bits per heavy atom. The van der Waals surface area contributed by atoms with E-state index in [4.69, 9.17) is 0 Å². The molecule has 0 aromatic heterocycles. The van der Waals surface area contributed by atoms with Gasteiger partial charge in [-0.1, -0.05) is 13.0 Å². The summed E-state index contributed by atoms with van der Waals surface area (Å²) >= 11 is 0. The highest BCUT2D eigenvalue weighted by Crippen LogP contribution is 2.16. The van der Waals surface area contributed by atoms with Gasteiger partial charge in [-0.05, 0) is 58.0 Å². The number of nitrogens with zero attached hydrogens (tertiary/aromatic N) is 3. The highest BCUT2D eigenvalue weighted by molar-refractivity contribution is 7.89. The van der Waals surface area contributed by atoms with Gasteiger partial charge >= 0.3 is 0 Å². The monoisotopic (exact) mass is 441 g/mol. The molecule has 1 aromatic carbocycles. The van der Waals surface area contributed by atoms with Gasteiger partial charge in [0.1, 0.15) is 5.82 Å². The van der Waals surface area contributed by atoms with Crippen LogP contribution in [0.1, 0.15) is 44.2 Å². The molecule has 0 radical (unpaired) electrons. The Kier molecular flexibility index (Phi) is 9.51. The molecule has 1 heterocycles. The van der Waals surface area contributed by atoms with Crippen molar-refractivity contribution in [2.24, 2.45) is 4.99 Å². The largest absolute Gasteiger partial charge is 0.357 e. The predicted octanol–water partition coefficient (Wildman–Crippen LogP) is 2.15. The van der Waals surface area contributed by atoms with E-state index in [-0.39, 0.29) is 17.6 Å². The zero-order valence-electron chi connectivity index (χ0n) is 18.6. The molecule has 7 nitrogen and oxygen atoms in total. The van der Waals surface area contributed by atoms with Crippen molar-refractivity contribution in [3.05, 3.63) is 35.1 Å². The van der Waals surface area contributed by atoms with Crippen LogP contribution >= 0.6 is 0 Å². The van der Waals surface area contributed by atoms with Crippen LogP contribution in [-0.2, 0) is 23.1 Å². The fourth-order valence-electron chi connectivity index (χ4n) is 3.54. The maximum atomic E-state index is 14.0. The first kappa shape index (κ1) is 24.6. The first-order valence-corrected chi connectivity index (χ1v) is 12.3. The van der Waals surface area contributed by atoms with E-state index in [1.54, 1.807) is 10.4 Å². The predicted molar refractivity (Wildman–Crippen MR) is 120 cm³/mol. The number of halogens is 1. The van der Waals surface area contributed by atoms with Crippen molar-refractivity contribution in [2.75, 3.05) is 39.5 Å². The van der Waals surface area contributed by atoms with Crippen LogP contribution in [0.3, 0.4) is 0 Å². The minimum absolute atomic E-state index is 0.174. The first-order valence-electron chi connectivity index (χ1n) is 10.7. The molecule has 0 atom stereocenters. The molecule has 170 valence electrons. The average Bonchev–Trinajstić information content (AvgIpc) is 2.68. The zero-order chi connectivity index (χ0) is 22.1. The van der Waals surface area contributed by atoms with Crippen LogP contribution in [0.25, 0.3) is 0 Å². The second kappa shape index (κ2) is 11.6. The van der Waals surface area contributed by atoms with Crippen molar-refractivity contribution < 1.29 is 12.8 Å². The molecule has 0 spiro atoms. The van der Waals surface area contributed by atoms with Crippen molar-refractivity contribution in [3.8, 4) is 0 Å². The number of rotatable bonds is 9. The van der Waals surface area contributed by atoms with Gasteiger partial charge in [-0.15, -0.1) is 0 Å². The third-order valence-electron chi connectivity index (χ3n) is 5.01. The highest BCUT2D eigenvalue weighted by Gasteiger charge is 2.27. The van der Waals surface area contributed by atoms with Gasteiger partial charge in [-0.25, -0.2) is 22.1 Å². The maximum absolute atomic E-state index is 14.0. The minimum Gasteiger partial charge on any atom is -0.357 e. The molecule has 1 aromatic rings. The Balaban J connectivity index is 1.97. The molecule has 0 saturated carbocycles. The van der Waals surface area contributed by atoms with E-state index in [9.17, 15) is 12.8 Å². The zero-order valence-corrected chi connectivity index (χ0v) is 19.4. The molecular formula is C21H36FN5O2S. The fraction of sp³-hybridized carbons (Fsp3) is 0.667. The number of aliphatic imine (C=N–C) groups is 1. The lowest BCUT2D eigenvalue weighted by atomic mass is 10.1. The Morgan fingerprint density at radius 3 is 2.57 bits per heavy atom. The molecule has 0 aliphatic carbocycles. The Bertz CT molecular complexity index is 806. The molecular weight excluding hydrogens is 405 g/mol. The second-order valence-electron chi connectivity index (χ2n) is 7.99. The van der Waals surface area contributed by atoms with Gasteiger partial charge in [0.25, 0.3) is 0 Å². The van der Waals surface area contributed by atoms with Gasteiger partial charge in [-0.2, -0.15) is 0 Å². The third kappa shape index (κ3) is 7.52. The summed E-state index contributed by atoms with van der Waals surface area (Å²) < 4.78 is 40.1. The normalized spacial score (nSPS) is 16.8. The number of hydrogen-bond donors (Lipinski definition) is 2. The molecule has 1 aliphatic rings. The van der Waals surface area contributed by atoms with Gasteiger partial charge in [-0.3, -0.25) is 0 Å². The van der Waals surface area contributed by atoms with Crippen molar-refractivity contribution in [3.63, 3.8) is 0 Å². The van der Waals surface area contributed by atoms with Crippen molar-refractivity contribution in [1.82, 2.24) is 19.8 Å². The van der Waals surface area contributed by atoms with E-state index >= 15 is 0 Å². The maximum Gasteiger partial charge on any atom is 0.214 e. The molecule has 1 saturated heterocycles. The summed E-state index contributed by atoms with van der Waals surface area (Å²) in [5, 5.41) is 6.67. The van der Waals surface area contributed by atoms with Gasteiger partial charge in [0.2, 0.25) is 10.0 Å². The molecule has 2 rings (SSSR count). The van der Waals surface area contributed by atoms with Crippen LogP contribution in [0.5, 0.6) is 0 Å². The minimum atomic E-state index is -3.13. The Labute approximate surface area is 180 Å². The van der Waals surface area contributed by atoms with Crippen LogP contribution in [0.15, 0.2) is 23.2 Å². The highest BCUT2D eigenvalue weighted by atomic mass is 32.2. The third-order valence-corrected chi connectivity index (χ3v) is 7.09. The quantitative estimate of drug-likeness (QED) is 0.454. The number of hydrogen-bond acceptors (Lipinski definition) is 4. The lowest BCUT2D eigenvalue weighted by molar-refractivity contribution is 0.306. The number of guanidine groups is 1. The molecule has 1 fully saturated rings. The molecule has 2 N–H and O–H groups in total. The number of benzene rings is 1. The number of piperidine rings is 1.